The highest BCUT2D eigenvalue weighted by Gasteiger charge is 2.31. The van der Waals surface area contributed by atoms with Crippen molar-refractivity contribution in [3.05, 3.63) is 53.1 Å². The molecule has 0 saturated heterocycles. The Bertz CT molecular complexity index is 619. The first kappa shape index (κ1) is 11.9. The van der Waals surface area contributed by atoms with Gasteiger partial charge < -0.3 is 5.11 Å². The van der Waals surface area contributed by atoms with Gasteiger partial charge in [-0.15, -0.1) is 0 Å². The molecule has 0 bridgehead atoms. The minimum atomic E-state index is -1.22. The maximum absolute atomic E-state index is 14.3. The molecule has 0 unspecified atom stereocenters. The molecule has 0 radical (unpaired) electrons. The molecule has 19 heavy (non-hydrogen) atoms. The van der Waals surface area contributed by atoms with Crippen LogP contribution in [0, 0.1) is 5.82 Å². The van der Waals surface area contributed by atoms with Crippen LogP contribution in [-0.2, 0) is 6.54 Å². The molecule has 2 aromatic rings. The van der Waals surface area contributed by atoms with Gasteiger partial charge in [-0.2, -0.15) is 5.10 Å². The van der Waals surface area contributed by atoms with E-state index in [1.54, 1.807) is 29.2 Å². The second-order valence-electron chi connectivity index (χ2n) is 4.78. The SMILES string of the molecule is O=C(O)c1ccc(Cn2cccn2)c(C2CC2)c1F. The van der Waals surface area contributed by atoms with E-state index in [-0.39, 0.29) is 11.5 Å². The average Bonchev–Trinajstić information content (AvgIpc) is 3.06. The van der Waals surface area contributed by atoms with Gasteiger partial charge in [-0.05, 0) is 42.0 Å². The van der Waals surface area contributed by atoms with E-state index < -0.39 is 11.8 Å². The Morgan fingerprint density at radius 2 is 2.26 bits per heavy atom. The second-order valence-corrected chi connectivity index (χ2v) is 4.78. The summed E-state index contributed by atoms with van der Waals surface area (Å²) in [6.07, 6.45) is 5.32. The Labute approximate surface area is 109 Å². The number of aromatic nitrogens is 2. The Morgan fingerprint density at radius 3 is 2.84 bits per heavy atom. The standard InChI is InChI=1S/C14H13FN2O2/c15-13-11(14(18)19)5-4-10(12(13)9-2-3-9)8-17-7-1-6-16-17/h1,4-7,9H,2-3,8H2,(H,18,19). The zero-order valence-electron chi connectivity index (χ0n) is 10.2. The fourth-order valence-electron chi connectivity index (χ4n) is 2.32. The number of carboxylic acids is 1. The van der Waals surface area contributed by atoms with Gasteiger partial charge in [-0.25, -0.2) is 9.18 Å². The molecule has 0 amide bonds. The number of nitrogens with zero attached hydrogens (tertiary/aromatic N) is 2. The molecule has 1 heterocycles. The van der Waals surface area contributed by atoms with E-state index in [0.29, 0.717) is 12.1 Å². The number of rotatable bonds is 4. The number of hydrogen-bond donors (Lipinski definition) is 1. The molecule has 5 heteroatoms. The van der Waals surface area contributed by atoms with Crippen molar-refractivity contribution < 1.29 is 14.3 Å². The molecule has 1 saturated carbocycles. The Kier molecular flexibility index (Phi) is 2.81. The van der Waals surface area contributed by atoms with Crippen molar-refractivity contribution in [1.82, 2.24) is 9.78 Å². The topological polar surface area (TPSA) is 55.1 Å². The number of carboxylic acid groups (broad SMARTS) is 1. The van der Waals surface area contributed by atoms with Gasteiger partial charge in [0.25, 0.3) is 0 Å². The number of carbonyl (C=O) groups is 1. The summed E-state index contributed by atoms with van der Waals surface area (Å²) in [6.45, 7) is 0.468. The summed E-state index contributed by atoms with van der Waals surface area (Å²) < 4.78 is 16.0. The van der Waals surface area contributed by atoms with Crippen molar-refractivity contribution in [3.63, 3.8) is 0 Å². The number of hydrogen-bond acceptors (Lipinski definition) is 2. The van der Waals surface area contributed by atoms with Crippen LogP contribution < -0.4 is 0 Å². The third-order valence-corrected chi connectivity index (χ3v) is 3.38. The van der Waals surface area contributed by atoms with Crippen LogP contribution in [0.4, 0.5) is 4.39 Å². The monoisotopic (exact) mass is 260 g/mol. The van der Waals surface area contributed by atoms with Crippen molar-refractivity contribution in [2.45, 2.75) is 25.3 Å². The predicted octanol–water partition coefficient (Wildman–Crippen LogP) is 2.65. The van der Waals surface area contributed by atoms with Crippen LogP contribution in [-0.4, -0.2) is 20.9 Å². The van der Waals surface area contributed by atoms with Crippen LogP contribution in [0.3, 0.4) is 0 Å². The molecule has 1 aromatic carbocycles. The zero-order valence-corrected chi connectivity index (χ0v) is 10.2. The number of benzene rings is 1. The predicted molar refractivity (Wildman–Crippen MR) is 66.7 cm³/mol. The van der Waals surface area contributed by atoms with E-state index in [1.165, 1.54) is 6.07 Å². The third-order valence-electron chi connectivity index (χ3n) is 3.38. The van der Waals surface area contributed by atoms with Crippen LogP contribution in [0.15, 0.2) is 30.6 Å². The summed E-state index contributed by atoms with van der Waals surface area (Å²) in [6, 6.07) is 4.84. The van der Waals surface area contributed by atoms with Crippen molar-refractivity contribution >= 4 is 5.97 Å². The molecular formula is C14H13FN2O2. The Morgan fingerprint density at radius 1 is 1.47 bits per heavy atom. The summed E-state index contributed by atoms with van der Waals surface area (Å²) in [5.74, 6) is -1.64. The largest absolute Gasteiger partial charge is 0.478 e. The summed E-state index contributed by atoms with van der Waals surface area (Å²) >= 11 is 0. The number of aromatic carboxylic acids is 1. The quantitative estimate of drug-likeness (QED) is 0.919. The van der Waals surface area contributed by atoms with Gasteiger partial charge in [0.2, 0.25) is 0 Å². The molecule has 4 nitrogen and oxygen atoms in total. The van der Waals surface area contributed by atoms with E-state index >= 15 is 0 Å². The molecule has 0 spiro atoms. The molecule has 0 atom stereocenters. The first-order valence-electron chi connectivity index (χ1n) is 6.19. The van der Waals surface area contributed by atoms with Crippen LogP contribution >= 0.6 is 0 Å². The molecular weight excluding hydrogens is 247 g/mol. The lowest BCUT2D eigenvalue weighted by Gasteiger charge is -2.12. The summed E-state index contributed by atoms with van der Waals surface area (Å²) in [5.41, 5.74) is 1.12. The van der Waals surface area contributed by atoms with Gasteiger partial charge in [0, 0.05) is 12.4 Å². The molecule has 1 aliphatic carbocycles. The van der Waals surface area contributed by atoms with Crippen LogP contribution in [0.5, 0.6) is 0 Å². The van der Waals surface area contributed by atoms with Gasteiger partial charge in [-0.3, -0.25) is 4.68 Å². The average molecular weight is 260 g/mol. The molecule has 0 aliphatic heterocycles. The first-order valence-corrected chi connectivity index (χ1v) is 6.19. The van der Waals surface area contributed by atoms with Crippen LogP contribution in [0.2, 0.25) is 0 Å². The van der Waals surface area contributed by atoms with Gasteiger partial charge in [0.1, 0.15) is 5.82 Å². The molecule has 1 aliphatic rings. The normalized spacial score (nSPS) is 14.6. The minimum absolute atomic E-state index is 0.157. The van der Waals surface area contributed by atoms with Gasteiger partial charge in [0.05, 0.1) is 12.1 Å². The van der Waals surface area contributed by atoms with Crippen molar-refractivity contribution in [2.24, 2.45) is 0 Å². The molecule has 98 valence electrons. The smallest absolute Gasteiger partial charge is 0.338 e. The van der Waals surface area contributed by atoms with Gasteiger partial charge in [-0.1, -0.05) is 6.07 Å². The van der Waals surface area contributed by atoms with E-state index in [1.807, 2.05) is 0 Å². The second kappa shape index (κ2) is 4.50. The lowest BCUT2D eigenvalue weighted by atomic mass is 9.99. The van der Waals surface area contributed by atoms with E-state index in [4.69, 9.17) is 5.11 Å². The van der Waals surface area contributed by atoms with Crippen molar-refractivity contribution in [1.29, 1.82) is 0 Å². The van der Waals surface area contributed by atoms with Crippen molar-refractivity contribution in [3.8, 4) is 0 Å². The summed E-state index contributed by atoms with van der Waals surface area (Å²) in [5, 5.41) is 13.1. The highest BCUT2D eigenvalue weighted by atomic mass is 19.1. The van der Waals surface area contributed by atoms with Crippen LogP contribution in [0.25, 0.3) is 0 Å². The fraction of sp³-hybridized carbons (Fsp3) is 0.286. The molecule has 3 rings (SSSR count). The van der Waals surface area contributed by atoms with E-state index in [9.17, 15) is 9.18 Å². The summed E-state index contributed by atoms with van der Waals surface area (Å²) in [4.78, 5) is 11.0. The van der Waals surface area contributed by atoms with E-state index in [2.05, 4.69) is 5.10 Å². The Hall–Kier alpha value is -2.17. The van der Waals surface area contributed by atoms with E-state index in [0.717, 1.165) is 18.4 Å². The van der Waals surface area contributed by atoms with Gasteiger partial charge >= 0.3 is 5.97 Å². The molecule has 1 aromatic heterocycles. The lowest BCUT2D eigenvalue weighted by Crippen LogP contribution is -2.09. The first-order chi connectivity index (χ1) is 9.16. The molecule has 1 fully saturated rings. The highest BCUT2D eigenvalue weighted by Crippen LogP contribution is 2.43. The fourth-order valence-corrected chi connectivity index (χ4v) is 2.32. The zero-order chi connectivity index (χ0) is 13.4. The third kappa shape index (κ3) is 2.23. The maximum Gasteiger partial charge on any atom is 0.338 e. The Balaban J connectivity index is 2.04. The highest BCUT2D eigenvalue weighted by molar-refractivity contribution is 5.88. The van der Waals surface area contributed by atoms with Gasteiger partial charge in [0.15, 0.2) is 0 Å². The summed E-state index contributed by atoms with van der Waals surface area (Å²) in [7, 11) is 0. The maximum atomic E-state index is 14.3. The minimum Gasteiger partial charge on any atom is -0.478 e. The van der Waals surface area contributed by atoms with Crippen molar-refractivity contribution in [2.75, 3.05) is 0 Å². The van der Waals surface area contributed by atoms with Crippen LogP contribution in [0.1, 0.15) is 40.2 Å². The lowest BCUT2D eigenvalue weighted by molar-refractivity contribution is 0.0691. The number of halogens is 1. The molecule has 1 N–H and O–H groups in total.